The number of nitro groups is 2. The molecule has 2 heterocycles. The van der Waals surface area contributed by atoms with E-state index in [1.165, 1.54) is 37.4 Å². The van der Waals surface area contributed by atoms with Crippen LogP contribution in [0.2, 0.25) is 0 Å². The summed E-state index contributed by atoms with van der Waals surface area (Å²) in [4.78, 5) is 31.2. The quantitative estimate of drug-likeness (QED) is 0.240. The summed E-state index contributed by atoms with van der Waals surface area (Å²) in [6.07, 6.45) is -2.12. The van der Waals surface area contributed by atoms with Gasteiger partial charge in [-0.05, 0) is 12.1 Å². The van der Waals surface area contributed by atoms with Crippen LogP contribution in [0.1, 0.15) is 1.43 Å². The van der Waals surface area contributed by atoms with Crippen LogP contribution in [0.5, 0.6) is 23.0 Å². The van der Waals surface area contributed by atoms with Gasteiger partial charge in [-0.15, -0.1) is 0 Å². The summed E-state index contributed by atoms with van der Waals surface area (Å²) in [6, 6.07) is 8.56. The van der Waals surface area contributed by atoms with Crippen LogP contribution in [0.4, 0.5) is 11.4 Å². The van der Waals surface area contributed by atoms with Crippen molar-refractivity contribution in [3.8, 4) is 23.0 Å². The monoisotopic (exact) mass is 457 g/mol. The molecule has 0 amide bonds. The molecule has 3 radical (unpaired) electrons. The molecule has 2 aromatic carbocycles. The Bertz CT molecular complexity index is 1010. The Labute approximate surface area is 205 Å². The Hall–Kier alpha value is -3.07. The first-order valence-electron chi connectivity index (χ1n) is 8.25. The first-order valence-corrected chi connectivity index (χ1v) is 8.25. The molecule has 2 unspecified atom stereocenters. The number of hydrogen-bond acceptors (Lipinski definition) is 11. The number of aliphatic hydroxyl groups is 1. The van der Waals surface area contributed by atoms with Gasteiger partial charge >= 0.3 is 53.2 Å². The van der Waals surface area contributed by atoms with Crippen molar-refractivity contribution in [3.63, 3.8) is 0 Å². The Balaban J connectivity index is 0.000000573. The maximum Gasteiger partial charge on any atom is 1.00 e. The second kappa shape index (κ2) is 11.5. The molecule has 0 aromatic heterocycles. The molecule has 2 aliphatic heterocycles. The molecule has 0 fully saturated rings. The standard InChI is InChI=1S/C9H7NO6.C8H7NO5.B.Na.H/c1-14-8(11)9-15-6-4-2-3-5(10(12)13)7(6)16-9;10-4-7-13-6-3-1-2-5(9(11)12)8(6)14-7;;;/h2-4,9H,1H3;1-3,7,10H,4H2;;;/q;;;+1;-1. The minimum atomic E-state index is -1.28. The van der Waals surface area contributed by atoms with Crippen molar-refractivity contribution in [1.29, 1.82) is 0 Å². The smallest absolute Gasteiger partial charge is 1.00 e. The van der Waals surface area contributed by atoms with Crippen molar-refractivity contribution in [3.05, 3.63) is 56.6 Å². The molecule has 163 valence electrons. The topological polar surface area (TPSA) is 170 Å². The Morgan fingerprint density at radius 3 is 1.97 bits per heavy atom. The number of fused-ring (bicyclic) bond motifs is 2. The fourth-order valence-corrected chi connectivity index (χ4v) is 2.53. The zero-order valence-corrected chi connectivity index (χ0v) is 18.8. The number of esters is 1. The van der Waals surface area contributed by atoms with Crippen LogP contribution in [0.3, 0.4) is 0 Å². The number of carbonyl (C=O) groups excluding carboxylic acids is 1. The molecule has 15 heteroatoms. The summed E-state index contributed by atoms with van der Waals surface area (Å²) >= 11 is 0. The van der Waals surface area contributed by atoms with E-state index in [-0.39, 0.29) is 74.6 Å². The molecule has 0 saturated heterocycles. The summed E-state index contributed by atoms with van der Waals surface area (Å²) in [7, 11) is 1.17. The van der Waals surface area contributed by atoms with Crippen molar-refractivity contribution < 1.29 is 74.4 Å². The van der Waals surface area contributed by atoms with Gasteiger partial charge in [0.25, 0.3) is 6.29 Å². The summed E-state index contributed by atoms with van der Waals surface area (Å²) < 4.78 is 24.6. The van der Waals surface area contributed by atoms with Gasteiger partial charge in [0.1, 0.15) is 6.61 Å². The van der Waals surface area contributed by atoms with E-state index < -0.39 is 28.4 Å². The van der Waals surface area contributed by atoms with Gasteiger partial charge in [-0.3, -0.25) is 20.2 Å². The number of methoxy groups -OCH3 is 1. The molecular formula is C17H15BN2NaO11. The van der Waals surface area contributed by atoms with E-state index in [0.717, 1.165) is 0 Å². The van der Waals surface area contributed by atoms with Crippen LogP contribution in [-0.4, -0.2) is 55.6 Å². The molecule has 32 heavy (non-hydrogen) atoms. The number of benzene rings is 2. The predicted octanol–water partition coefficient (Wildman–Crippen LogP) is -1.71. The van der Waals surface area contributed by atoms with Gasteiger partial charge in [0.2, 0.25) is 11.5 Å². The molecule has 0 bridgehead atoms. The number of para-hydroxylation sites is 2. The number of nitrogens with zero attached hydrogens (tertiary/aromatic N) is 2. The van der Waals surface area contributed by atoms with E-state index in [0.29, 0.717) is 5.75 Å². The minimum Gasteiger partial charge on any atom is -1.00 e. The van der Waals surface area contributed by atoms with Crippen molar-refractivity contribution in [2.24, 2.45) is 0 Å². The molecule has 0 saturated carbocycles. The number of carbonyl (C=O) groups is 1. The van der Waals surface area contributed by atoms with E-state index in [1.54, 1.807) is 6.07 Å². The first kappa shape index (κ1) is 27.0. The first-order chi connectivity index (χ1) is 14.3. The molecule has 0 spiro atoms. The van der Waals surface area contributed by atoms with Crippen LogP contribution in [0.15, 0.2) is 36.4 Å². The van der Waals surface area contributed by atoms with E-state index in [4.69, 9.17) is 24.1 Å². The van der Waals surface area contributed by atoms with Crippen LogP contribution >= 0.6 is 0 Å². The van der Waals surface area contributed by atoms with Crippen molar-refractivity contribution >= 4 is 25.8 Å². The third-order valence-electron chi connectivity index (χ3n) is 3.82. The summed E-state index contributed by atoms with van der Waals surface area (Å²) in [5.74, 6) is -0.271. The second-order valence-corrected chi connectivity index (χ2v) is 5.66. The maximum absolute atomic E-state index is 11.1. The molecule has 2 atom stereocenters. The fourth-order valence-electron chi connectivity index (χ4n) is 2.53. The summed E-state index contributed by atoms with van der Waals surface area (Å²) in [5, 5.41) is 30.0. The zero-order valence-electron chi connectivity index (χ0n) is 17.8. The second-order valence-electron chi connectivity index (χ2n) is 5.66. The molecule has 13 nitrogen and oxygen atoms in total. The van der Waals surface area contributed by atoms with E-state index in [1.807, 2.05) is 0 Å². The van der Waals surface area contributed by atoms with Crippen molar-refractivity contribution in [1.82, 2.24) is 0 Å². The average Bonchev–Trinajstić information content (AvgIpc) is 3.36. The molecule has 1 N–H and O–H groups in total. The molecular weight excluding hydrogens is 442 g/mol. The Kier molecular flexibility index (Phi) is 9.71. The Morgan fingerprint density at radius 2 is 1.50 bits per heavy atom. The van der Waals surface area contributed by atoms with Crippen LogP contribution in [0, 0.1) is 20.2 Å². The summed E-state index contributed by atoms with van der Waals surface area (Å²) in [5.41, 5.74) is -0.401. The molecule has 2 aliphatic rings. The largest absolute Gasteiger partial charge is 1.00 e. The van der Waals surface area contributed by atoms with Crippen LogP contribution in [0.25, 0.3) is 0 Å². The van der Waals surface area contributed by atoms with Gasteiger partial charge < -0.3 is 30.2 Å². The van der Waals surface area contributed by atoms with Gasteiger partial charge in [0.05, 0.1) is 17.0 Å². The number of nitro benzene ring substituents is 2. The van der Waals surface area contributed by atoms with Crippen LogP contribution < -0.4 is 48.5 Å². The average molecular weight is 457 g/mol. The zero-order chi connectivity index (χ0) is 21.8. The van der Waals surface area contributed by atoms with Gasteiger partial charge in [-0.25, -0.2) is 4.79 Å². The third-order valence-corrected chi connectivity index (χ3v) is 3.82. The van der Waals surface area contributed by atoms with E-state index >= 15 is 0 Å². The van der Waals surface area contributed by atoms with Gasteiger partial charge in [0, 0.05) is 20.5 Å². The molecule has 4 rings (SSSR count). The molecule has 0 aliphatic carbocycles. The maximum atomic E-state index is 11.1. The molecule has 2 aromatic rings. The number of rotatable bonds is 4. The van der Waals surface area contributed by atoms with Gasteiger partial charge in [-0.2, -0.15) is 0 Å². The SMILES string of the molecule is COC(=O)C1Oc2cccc([N+](=O)[O-])c2O1.O=[N+]([O-])c1cccc2c1OC(CO)O2.[B].[H-].[Na+]. The van der Waals surface area contributed by atoms with Crippen molar-refractivity contribution in [2.75, 3.05) is 13.7 Å². The fraction of sp³-hybridized carbons (Fsp3) is 0.235. The van der Waals surface area contributed by atoms with Crippen molar-refractivity contribution in [2.45, 2.75) is 12.6 Å². The number of hydrogen-bond donors (Lipinski definition) is 1. The minimum absolute atomic E-state index is 0. The van der Waals surface area contributed by atoms with E-state index in [9.17, 15) is 25.0 Å². The van der Waals surface area contributed by atoms with Gasteiger partial charge in [-0.1, -0.05) is 12.1 Å². The predicted molar refractivity (Wildman–Crippen MR) is 102 cm³/mol. The summed E-state index contributed by atoms with van der Waals surface area (Å²) in [6.45, 7) is -0.341. The number of aliphatic hydroxyl groups excluding tert-OH is 1. The normalized spacial score (nSPS) is 16.4. The number of ether oxygens (including phenoxy) is 5. The van der Waals surface area contributed by atoms with Crippen LogP contribution in [-0.2, 0) is 9.53 Å². The van der Waals surface area contributed by atoms with Gasteiger partial charge in [0.15, 0.2) is 11.5 Å². The van der Waals surface area contributed by atoms with E-state index in [2.05, 4.69) is 4.74 Å². The Morgan fingerprint density at radius 1 is 1.00 bits per heavy atom. The third kappa shape index (κ3) is 5.59.